The van der Waals surface area contributed by atoms with E-state index in [4.69, 9.17) is 4.52 Å². The van der Waals surface area contributed by atoms with Crippen molar-refractivity contribution in [1.82, 2.24) is 19.9 Å². The van der Waals surface area contributed by atoms with Gasteiger partial charge in [0, 0.05) is 32.6 Å². The van der Waals surface area contributed by atoms with E-state index in [0.717, 1.165) is 44.3 Å². The van der Waals surface area contributed by atoms with E-state index in [1.807, 2.05) is 6.92 Å². The van der Waals surface area contributed by atoms with Crippen molar-refractivity contribution >= 4 is 0 Å². The van der Waals surface area contributed by atoms with Crippen molar-refractivity contribution in [3.8, 4) is 0 Å². The van der Waals surface area contributed by atoms with Gasteiger partial charge in [0.05, 0.1) is 12.1 Å². The van der Waals surface area contributed by atoms with Gasteiger partial charge >= 0.3 is 0 Å². The molecular weight excluding hydrogens is 348 g/mol. The summed E-state index contributed by atoms with van der Waals surface area (Å²) in [7, 11) is 0. The Morgan fingerprint density at radius 3 is 1.89 bits per heavy atom. The summed E-state index contributed by atoms with van der Waals surface area (Å²) in [5, 5.41) is 4.05. The molecule has 1 aliphatic rings. The second-order valence-corrected chi connectivity index (χ2v) is 7.37. The molecular formula is C23H28N4O. The van der Waals surface area contributed by atoms with Crippen molar-refractivity contribution in [3.05, 3.63) is 83.5 Å². The third kappa shape index (κ3) is 4.01. The molecule has 5 nitrogen and oxygen atoms in total. The van der Waals surface area contributed by atoms with Crippen molar-refractivity contribution in [2.75, 3.05) is 26.2 Å². The number of hydrogen-bond donors (Lipinski definition) is 0. The third-order valence-electron chi connectivity index (χ3n) is 5.65. The first-order valence-electron chi connectivity index (χ1n) is 10.2. The molecule has 3 aromatic rings. The zero-order valence-electron chi connectivity index (χ0n) is 16.7. The van der Waals surface area contributed by atoms with Crippen LogP contribution in [0.15, 0.2) is 65.2 Å². The predicted molar refractivity (Wildman–Crippen MR) is 110 cm³/mol. The van der Waals surface area contributed by atoms with Crippen molar-refractivity contribution in [2.24, 2.45) is 0 Å². The molecule has 4 rings (SSSR count). The molecule has 146 valence electrons. The molecule has 0 amide bonds. The fourth-order valence-corrected chi connectivity index (χ4v) is 4.00. The second-order valence-electron chi connectivity index (χ2n) is 7.37. The molecule has 1 aliphatic heterocycles. The first-order valence-corrected chi connectivity index (χ1v) is 10.2. The molecule has 0 saturated carbocycles. The lowest BCUT2D eigenvalue weighted by molar-refractivity contribution is 0.0726. The molecule has 0 aliphatic carbocycles. The zero-order chi connectivity index (χ0) is 19.3. The average molecular weight is 377 g/mol. The van der Waals surface area contributed by atoms with Gasteiger partial charge in [0.25, 0.3) is 0 Å². The molecule has 28 heavy (non-hydrogen) atoms. The monoisotopic (exact) mass is 376 g/mol. The van der Waals surface area contributed by atoms with E-state index in [0.29, 0.717) is 0 Å². The van der Waals surface area contributed by atoms with Gasteiger partial charge in [-0.1, -0.05) is 72.7 Å². The van der Waals surface area contributed by atoms with Crippen LogP contribution in [0.3, 0.4) is 0 Å². The van der Waals surface area contributed by atoms with Crippen molar-refractivity contribution in [3.63, 3.8) is 0 Å². The van der Waals surface area contributed by atoms with Crippen LogP contribution in [-0.4, -0.2) is 46.1 Å². The van der Waals surface area contributed by atoms with Crippen LogP contribution in [0.2, 0.25) is 0 Å². The van der Waals surface area contributed by atoms with Gasteiger partial charge < -0.3 is 4.52 Å². The highest BCUT2D eigenvalue weighted by Crippen LogP contribution is 2.30. The van der Waals surface area contributed by atoms with Gasteiger partial charge in [-0.05, 0) is 18.1 Å². The highest BCUT2D eigenvalue weighted by molar-refractivity contribution is 5.32. The van der Waals surface area contributed by atoms with Crippen LogP contribution in [0.1, 0.15) is 48.8 Å². The molecule has 0 N–H and O–H groups in total. The van der Waals surface area contributed by atoms with Crippen LogP contribution >= 0.6 is 0 Å². The van der Waals surface area contributed by atoms with Crippen LogP contribution < -0.4 is 0 Å². The molecule has 0 bridgehead atoms. The number of rotatable bonds is 6. The van der Waals surface area contributed by atoms with Gasteiger partial charge in [0.1, 0.15) is 0 Å². The number of hydrogen-bond acceptors (Lipinski definition) is 5. The number of benzene rings is 2. The minimum Gasteiger partial charge on any atom is -0.338 e. The molecule has 5 heteroatoms. The Labute approximate surface area is 167 Å². The molecule has 1 saturated heterocycles. The van der Waals surface area contributed by atoms with Gasteiger partial charge in [-0.3, -0.25) is 9.80 Å². The maximum absolute atomic E-state index is 5.47. The summed E-state index contributed by atoms with van der Waals surface area (Å²) in [5.41, 5.74) is 2.69. The molecule has 0 radical (unpaired) electrons. The van der Waals surface area contributed by atoms with Crippen LogP contribution in [0, 0.1) is 0 Å². The van der Waals surface area contributed by atoms with Crippen LogP contribution in [0.5, 0.6) is 0 Å². The first kappa shape index (κ1) is 18.8. The summed E-state index contributed by atoms with van der Waals surface area (Å²) in [6, 6.07) is 22.1. The number of piperazine rings is 1. The van der Waals surface area contributed by atoms with Crippen molar-refractivity contribution in [1.29, 1.82) is 0 Å². The number of nitrogens with zero attached hydrogens (tertiary/aromatic N) is 4. The Morgan fingerprint density at radius 2 is 1.39 bits per heavy atom. The van der Waals surface area contributed by atoms with Gasteiger partial charge in [0.2, 0.25) is 5.89 Å². The maximum Gasteiger partial charge on any atom is 0.243 e. The average Bonchev–Trinajstić information content (AvgIpc) is 3.25. The van der Waals surface area contributed by atoms with E-state index < -0.39 is 0 Å². The molecule has 2 aromatic carbocycles. The van der Waals surface area contributed by atoms with E-state index in [1.54, 1.807) is 0 Å². The summed E-state index contributed by atoms with van der Waals surface area (Å²) in [6.45, 7) is 8.20. The van der Waals surface area contributed by atoms with E-state index in [9.17, 15) is 0 Å². The maximum atomic E-state index is 5.47. The van der Waals surface area contributed by atoms with E-state index in [1.165, 1.54) is 11.1 Å². The van der Waals surface area contributed by atoms with Gasteiger partial charge in [-0.25, -0.2) is 0 Å². The normalized spacial score (nSPS) is 17.1. The highest BCUT2D eigenvalue weighted by Gasteiger charge is 2.30. The summed E-state index contributed by atoms with van der Waals surface area (Å²) in [4.78, 5) is 9.54. The van der Waals surface area contributed by atoms with Crippen molar-refractivity contribution in [2.45, 2.75) is 32.4 Å². The summed E-state index contributed by atoms with van der Waals surface area (Å²) in [5.74, 6) is 1.52. The first-order chi connectivity index (χ1) is 13.8. The highest BCUT2D eigenvalue weighted by atomic mass is 16.5. The lowest BCUT2D eigenvalue weighted by Crippen LogP contribution is -2.48. The fraction of sp³-hybridized carbons (Fsp3) is 0.391. The van der Waals surface area contributed by atoms with E-state index in [-0.39, 0.29) is 12.1 Å². The van der Waals surface area contributed by atoms with E-state index >= 15 is 0 Å². The summed E-state index contributed by atoms with van der Waals surface area (Å²) < 4.78 is 5.47. The minimum absolute atomic E-state index is 0.154. The third-order valence-corrected chi connectivity index (χ3v) is 5.65. The topological polar surface area (TPSA) is 45.4 Å². The lowest BCUT2D eigenvalue weighted by atomic mass is 9.96. The van der Waals surface area contributed by atoms with Gasteiger partial charge in [-0.15, -0.1) is 0 Å². The standard InChI is InChI=1S/C23H28N4O/c1-3-21-24-23(28-25-21)18(2)26-14-16-27(17-15-26)22(19-10-6-4-7-11-19)20-12-8-5-9-13-20/h4-13,18,22H,3,14-17H2,1-2H3/t18-/m0/s1. The molecule has 0 unspecified atom stereocenters. The SMILES string of the molecule is CCc1noc([C@H](C)N2CCN(C(c3ccccc3)c3ccccc3)CC2)n1. The van der Waals surface area contributed by atoms with Gasteiger partial charge in [-0.2, -0.15) is 4.98 Å². The quantitative estimate of drug-likeness (QED) is 0.648. The van der Waals surface area contributed by atoms with E-state index in [2.05, 4.69) is 87.5 Å². The number of aromatic nitrogens is 2. The molecule has 1 fully saturated rings. The van der Waals surface area contributed by atoms with Crippen LogP contribution in [0.25, 0.3) is 0 Å². The molecule has 2 heterocycles. The Balaban J connectivity index is 1.49. The predicted octanol–water partition coefficient (Wildman–Crippen LogP) is 4.10. The molecule has 1 aromatic heterocycles. The minimum atomic E-state index is 0.154. The zero-order valence-corrected chi connectivity index (χ0v) is 16.7. The van der Waals surface area contributed by atoms with Crippen molar-refractivity contribution < 1.29 is 4.52 Å². The largest absolute Gasteiger partial charge is 0.338 e. The smallest absolute Gasteiger partial charge is 0.243 e. The lowest BCUT2D eigenvalue weighted by Gasteiger charge is -2.41. The fourth-order valence-electron chi connectivity index (χ4n) is 4.00. The molecule has 0 spiro atoms. The summed E-state index contributed by atoms with van der Waals surface area (Å²) in [6.07, 6.45) is 0.805. The second kappa shape index (κ2) is 8.67. The Bertz CT molecular complexity index is 817. The van der Waals surface area contributed by atoms with Crippen LogP contribution in [0.4, 0.5) is 0 Å². The summed E-state index contributed by atoms with van der Waals surface area (Å²) >= 11 is 0. The Kier molecular flexibility index (Phi) is 5.84. The Morgan fingerprint density at radius 1 is 0.857 bits per heavy atom. The molecule has 1 atom stereocenters. The Hall–Kier alpha value is -2.50. The number of aryl methyl sites for hydroxylation is 1. The van der Waals surface area contributed by atoms with Gasteiger partial charge in [0.15, 0.2) is 5.82 Å². The van der Waals surface area contributed by atoms with Crippen LogP contribution in [-0.2, 0) is 6.42 Å².